The third-order valence-electron chi connectivity index (χ3n) is 5.00. The number of hydrogen-bond donors (Lipinski definition) is 0. The summed E-state index contributed by atoms with van der Waals surface area (Å²) < 4.78 is 77.1. The van der Waals surface area contributed by atoms with Gasteiger partial charge in [0.2, 0.25) is 0 Å². The summed E-state index contributed by atoms with van der Waals surface area (Å²) in [6.07, 6.45) is 4.01. The molecule has 0 fully saturated rings. The third-order valence-corrected chi connectivity index (χ3v) is 5.00. The second kappa shape index (κ2) is 14.0. The summed E-state index contributed by atoms with van der Waals surface area (Å²) in [4.78, 5) is 12.0. The zero-order valence-electron chi connectivity index (χ0n) is 19.5. The Hall–Kier alpha value is -3.10. The molecule has 0 amide bonds. The van der Waals surface area contributed by atoms with E-state index in [0.717, 1.165) is 43.4 Å². The predicted molar refractivity (Wildman–Crippen MR) is 123 cm³/mol. The van der Waals surface area contributed by atoms with E-state index in [1.54, 1.807) is 36.8 Å². The van der Waals surface area contributed by atoms with Gasteiger partial charge >= 0.3 is 6.18 Å². The first-order valence-corrected chi connectivity index (χ1v) is 11.1. The van der Waals surface area contributed by atoms with Crippen molar-refractivity contribution in [1.29, 1.82) is 0 Å². The molecule has 0 unspecified atom stereocenters. The molecule has 2 aromatic carbocycles. The fraction of sp³-hybridized carbons (Fsp3) is 0.222. The molecular formula is C27H21F6IrN3-2. The molecule has 0 aliphatic rings. The maximum Gasteiger partial charge on any atom is 0.402 e. The van der Waals surface area contributed by atoms with Crippen LogP contribution in [0.3, 0.4) is 0 Å². The standard InChI is InChI=1S/C16H15F4N2.C11H6F2N.Ir/c1-2-3-4-5-11-9-21-15(22-10-11)12-6-7-14(17)13(8-12)16(18,19)20;12-8-4-5-9(10(13)7-8)11-3-1-2-6-14-11;/h7-10H,2-5H2,1H3;1-4,6-7H;/q2*-1;. The number of benzene rings is 2. The number of halogens is 6. The zero-order chi connectivity index (χ0) is 26.1. The predicted octanol–water partition coefficient (Wildman–Crippen LogP) is 7.66. The Morgan fingerprint density at radius 1 is 0.865 bits per heavy atom. The summed E-state index contributed by atoms with van der Waals surface area (Å²) in [5, 5.41) is 0. The molecule has 0 aliphatic carbocycles. The molecule has 4 rings (SSSR count). The summed E-state index contributed by atoms with van der Waals surface area (Å²) in [6, 6.07) is 13.3. The van der Waals surface area contributed by atoms with E-state index in [1.165, 1.54) is 0 Å². The molecule has 0 saturated heterocycles. The van der Waals surface area contributed by atoms with Crippen molar-refractivity contribution in [3.05, 3.63) is 102 Å². The monoisotopic (exact) mass is 694 g/mol. The van der Waals surface area contributed by atoms with Gasteiger partial charge < -0.3 is 4.98 Å². The Morgan fingerprint density at radius 3 is 2.19 bits per heavy atom. The van der Waals surface area contributed by atoms with E-state index in [-0.39, 0.29) is 37.1 Å². The van der Waals surface area contributed by atoms with Gasteiger partial charge in [0.1, 0.15) is 0 Å². The van der Waals surface area contributed by atoms with Crippen LogP contribution in [0.1, 0.15) is 37.3 Å². The van der Waals surface area contributed by atoms with E-state index >= 15 is 0 Å². The first-order chi connectivity index (χ1) is 17.2. The number of hydrogen-bond acceptors (Lipinski definition) is 3. The second-order valence-corrected chi connectivity index (χ2v) is 7.73. The van der Waals surface area contributed by atoms with Crippen molar-refractivity contribution in [2.45, 2.75) is 38.8 Å². The molecule has 4 aromatic rings. The van der Waals surface area contributed by atoms with Crippen molar-refractivity contribution < 1.29 is 46.4 Å². The van der Waals surface area contributed by atoms with Crippen LogP contribution in [-0.4, -0.2) is 15.0 Å². The third kappa shape index (κ3) is 8.75. The van der Waals surface area contributed by atoms with E-state index in [9.17, 15) is 26.3 Å². The number of nitrogens with zero attached hydrogens (tertiary/aromatic N) is 3. The topological polar surface area (TPSA) is 38.7 Å². The maximum atomic E-state index is 13.2. The van der Waals surface area contributed by atoms with E-state index in [2.05, 4.69) is 34.0 Å². The molecule has 1 radical (unpaired) electrons. The quantitative estimate of drug-likeness (QED) is 0.118. The molecular weight excluding hydrogens is 673 g/mol. The van der Waals surface area contributed by atoms with Crippen molar-refractivity contribution in [2.75, 3.05) is 0 Å². The average molecular weight is 694 g/mol. The average Bonchev–Trinajstić information content (AvgIpc) is 2.85. The van der Waals surface area contributed by atoms with Crippen molar-refractivity contribution in [2.24, 2.45) is 0 Å². The fourth-order valence-corrected chi connectivity index (χ4v) is 3.17. The molecule has 0 spiro atoms. The summed E-state index contributed by atoms with van der Waals surface area (Å²) >= 11 is 0. The number of unbranched alkanes of at least 4 members (excludes halogenated alkanes) is 2. The van der Waals surface area contributed by atoms with Crippen LogP contribution in [0.25, 0.3) is 22.6 Å². The van der Waals surface area contributed by atoms with Crippen molar-refractivity contribution in [1.82, 2.24) is 15.0 Å². The van der Waals surface area contributed by atoms with Crippen LogP contribution in [0, 0.1) is 29.6 Å². The Balaban J connectivity index is 0.000000277. The minimum absolute atomic E-state index is 0. The Kier molecular flexibility index (Phi) is 11.4. The smallest absolute Gasteiger partial charge is 0.305 e. The van der Waals surface area contributed by atoms with Crippen LogP contribution in [0.2, 0.25) is 0 Å². The van der Waals surface area contributed by atoms with Gasteiger partial charge in [-0.15, -0.1) is 35.9 Å². The van der Waals surface area contributed by atoms with Crippen LogP contribution in [-0.2, 0) is 32.7 Å². The van der Waals surface area contributed by atoms with Crippen LogP contribution >= 0.6 is 0 Å². The van der Waals surface area contributed by atoms with Crippen molar-refractivity contribution >= 4 is 0 Å². The molecule has 0 bridgehead atoms. The van der Waals surface area contributed by atoms with E-state index in [1.807, 2.05) is 0 Å². The maximum absolute atomic E-state index is 13.2. The number of alkyl halides is 3. The molecule has 197 valence electrons. The fourth-order valence-electron chi connectivity index (χ4n) is 3.17. The number of pyridine rings is 1. The second-order valence-electron chi connectivity index (χ2n) is 7.73. The summed E-state index contributed by atoms with van der Waals surface area (Å²) in [5.41, 5.74) is 0.248. The van der Waals surface area contributed by atoms with Gasteiger partial charge in [0.05, 0.1) is 5.82 Å². The molecule has 2 heterocycles. The van der Waals surface area contributed by atoms with Gasteiger partial charge in [0, 0.05) is 61.7 Å². The first kappa shape index (κ1) is 30.1. The van der Waals surface area contributed by atoms with Gasteiger partial charge in [-0.1, -0.05) is 43.5 Å². The summed E-state index contributed by atoms with van der Waals surface area (Å²) in [5.74, 6) is -2.54. The molecule has 10 heteroatoms. The Morgan fingerprint density at radius 2 is 1.59 bits per heavy atom. The molecule has 2 aromatic heterocycles. The van der Waals surface area contributed by atoms with Crippen LogP contribution in [0.5, 0.6) is 0 Å². The summed E-state index contributed by atoms with van der Waals surface area (Å²) in [6.45, 7) is 2.10. The largest absolute Gasteiger partial charge is 0.402 e. The van der Waals surface area contributed by atoms with Gasteiger partial charge in [-0.05, 0) is 30.2 Å². The van der Waals surface area contributed by atoms with Gasteiger partial charge in [-0.2, -0.15) is 13.2 Å². The van der Waals surface area contributed by atoms with Crippen LogP contribution < -0.4 is 0 Å². The molecule has 0 atom stereocenters. The van der Waals surface area contributed by atoms with Crippen LogP contribution in [0.4, 0.5) is 26.3 Å². The molecule has 3 nitrogen and oxygen atoms in total. The van der Waals surface area contributed by atoms with Gasteiger partial charge in [-0.3, -0.25) is 23.1 Å². The minimum atomic E-state index is -4.76. The van der Waals surface area contributed by atoms with E-state index in [4.69, 9.17) is 0 Å². The normalized spacial score (nSPS) is 10.8. The van der Waals surface area contributed by atoms with E-state index < -0.39 is 29.2 Å². The van der Waals surface area contributed by atoms with Crippen LogP contribution in [0.15, 0.2) is 61.1 Å². The molecule has 0 N–H and O–H groups in total. The van der Waals surface area contributed by atoms with Gasteiger partial charge in [-0.25, -0.2) is 0 Å². The molecule has 37 heavy (non-hydrogen) atoms. The number of aryl methyl sites for hydroxylation is 1. The minimum Gasteiger partial charge on any atom is -0.305 e. The number of aromatic nitrogens is 3. The first-order valence-electron chi connectivity index (χ1n) is 11.1. The van der Waals surface area contributed by atoms with Gasteiger partial charge in [0.15, 0.2) is 0 Å². The van der Waals surface area contributed by atoms with Crippen molar-refractivity contribution in [3.8, 4) is 22.6 Å². The SMILES string of the molecule is CCCCCc1cnc(-c2[c-]cc(F)c(C(F)(F)F)c2)nc1.Fc1c[c-]c(-c2ccccn2)c(F)c1.[Ir]. The molecule has 0 saturated carbocycles. The number of rotatable bonds is 6. The Labute approximate surface area is 224 Å². The Bertz CT molecular complexity index is 1270. The van der Waals surface area contributed by atoms with E-state index in [0.29, 0.717) is 17.8 Å². The van der Waals surface area contributed by atoms with Gasteiger partial charge in [0.25, 0.3) is 0 Å². The summed E-state index contributed by atoms with van der Waals surface area (Å²) in [7, 11) is 0. The zero-order valence-corrected chi connectivity index (χ0v) is 21.9. The van der Waals surface area contributed by atoms with Crippen molar-refractivity contribution in [3.63, 3.8) is 0 Å². The molecule has 0 aliphatic heterocycles.